The van der Waals surface area contributed by atoms with E-state index in [2.05, 4.69) is 4.99 Å². The minimum Gasteiger partial charge on any atom is -0.389 e. The molecule has 1 atom stereocenters. The van der Waals surface area contributed by atoms with Crippen molar-refractivity contribution >= 4 is 23.0 Å². The Balaban J connectivity index is 2.19. The van der Waals surface area contributed by atoms with Gasteiger partial charge in [-0.1, -0.05) is 41.9 Å². The molecule has 1 aliphatic heterocycles. The summed E-state index contributed by atoms with van der Waals surface area (Å²) < 4.78 is 0. The molecule has 21 heavy (non-hydrogen) atoms. The third-order valence-corrected chi connectivity index (χ3v) is 3.85. The maximum atomic E-state index is 10.1. The first-order valence-electron chi connectivity index (χ1n) is 6.94. The fraction of sp³-hybridized carbons (Fsp3) is 0.235. The van der Waals surface area contributed by atoms with E-state index in [1.54, 1.807) is 0 Å². The molecule has 0 saturated carbocycles. The molecule has 3 rings (SSSR count). The van der Waals surface area contributed by atoms with Crippen LogP contribution in [0.4, 0.5) is 5.69 Å². The van der Waals surface area contributed by atoms with Crippen LogP contribution in [0.2, 0.25) is 5.02 Å². The van der Waals surface area contributed by atoms with Crippen molar-refractivity contribution in [2.24, 2.45) is 4.99 Å². The lowest BCUT2D eigenvalue weighted by Gasteiger charge is -2.28. The van der Waals surface area contributed by atoms with Gasteiger partial charge in [-0.05, 0) is 18.2 Å². The zero-order valence-corrected chi connectivity index (χ0v) is 12.6. The first-order chi connectivity index (χ1) is 10.1. The fourth-order valence-electron chi connectivity index (χ4n) is 2.63. The number of aliphatic hydroxyl groups excluding tert-OH is 1. The highest BCUT2D eigenvalue weighted by Crippen LogP contribution is 2.28. The molecule has 2 aromatic rings. The van der Waals surface area contributed by atoms with Crippen molar-refractivity contribution in [2.75, 3.05) is 25.0 Å². The molecule has 108 valence electrons. The number of rotatable bonds is 1. The first-order valence-corrected chi connectivity index (χ1v) is 7.32. The molecule has 1 heterocycles. The van der Waals surface area contributed by atoms with E-state index in [0.717, 1.165) is 22.5 Å². The molecule has 0 saturated heterocycles. The number of likely N-dealkylation sites (N-methyl/N-ethyl adjacent to an activating group) is 1. The highest BCUT2D eigenvalue weighted by molar-refractivity contribution is 6.31. The van der Waals surface area contributed by atoms with Gasteiger partial charge in [0.15, 0.2) is 0 Å². The van der Waals surface area contributed by atoms with Crippen molar-refractivity contribution in [1.29, 1.82) is 0 Å². The molecule has 0 spiro atoms. The zero-order valence-electron chi connectivity index (χ0n) is 11.8. The molecule has 1 unspecified atom stereocenters. The number of aliphatic imine (C=N–C) groups is 1. The molecule has 4 heteroatoms. The number of fused-ring (bicyclic) bond motifs is 1. The van der Waals surface area contributed by atoms with Gasteiger partial charge in [-0.15, -0.1) is 0 Å². The van der Waals surface area contributed by atoms with Crippen LogP contribution in [0.1, 0.15) is 11.1 Å². The van der Waals surface area contributed by atoms with Crippen LogP contribution < -0.4 is 4.90 Å². The number of hydrogen-bond acceptors (Lipinski definition) is 3. The van der Waals surface area contributed by atoms with Crippen LogP contribution in [-0.4, -0.2) is 37.1 Å². The second-order valence-corrected chi connectivity index (χ2v) is 5.69. The Labute approximate surface area is 129 Å². The second kappa shape index (κ2) is 5.88. The Morgan fingerprint density at radius 1 is 1.19 bits per heavy atom. The lowest BCUT2D eigenvalue weighted by atomic mass is 9.99. The molecule has 0 aromatic heterocycles. The summed E-state index contributed by atoms with van der Waals surface area (Å²) in [5.41, 5.74) is 3.94. The van der Waals surface area contributed by atoms with Gasteiger partial charge in [0, 0.05) is 35.4 Å². The van der Waals surface area contributed by atoms with Crippen molar-refractivity contribution in [2.45, 2.75) is 6.10 Å². The highest BCUT2D eigenvalue weighted by atomic mass is 35.5. The summed E-state index contributed by atoms with van der Waals surface area (Å²) in [5.74, 6) is 0. The summed E-state index contributed by atoms with van der Waals surface area (Å²) in [7, 11) is 1.98. The third kappa shape index (κ3) is 2.94. The Hall–Kier alpha value is -1.84. The van der Waals surface area contributed by atoms with Crippen LogP contribution in [0.25, 0.3) is 0 Å². The van der Waals surface area contributed by atoms with Crippen molar-refractivity contribution in [3.8, 4) is 0 Å². The smallest absolute Gasteiger partial charge is 0.0909 e. The van der Waals surface area contributed by atoms with E-state index in [9.17, 15) is 5.11 Å². The third-order valence-electron chi connectivity index (χ3n) is 3.62. The van der Waals surface area contributed by atoms with Crippen molar-refractivity contribution in [3.05, 3.63) is 64.7 Å². The van der Waals surface area contributed by atoms with Crippen LogP contribution in [0, 0.1) is 0 Å². The molecule has 0 fully saturated rings. The molecule has 2 aromatic carbocycles. The Morgan fingerprint density at radius 3 is 2.71 bits per heavy atom. The zero-order chi connectivity index (χ0) is 14.8. The Kier molecular flexibility index (Phi) is 3.95. The van der Waals surface area contributed by atoms with E-state index in [0.29, 0.717) is 18.1 Å². The van der Waals surface area contributed by atoms with Crippen LogP contribution in [0.15, 0.2) is 53.5 Å². The number of β-amino-alcohol motifs (C(OH)–C–C–N with tert-alkyl or cyclic N) is 1. The molecule has 0 amide bonds. The largest absolute Gasteiger partial charge is 0.389 e. The quantitative estimate of drug-likeness (QED) is 0.879. The molecular formula is C17H17ClN2O. The van der Waals surface area contributed by atoms with E-state index >= 15 is 0 Å². The van der Waals surface area contributed by atoms with Crippen molar-refractivity contribution in [3.63, 3.8) is 0 Å². The van der Waals surface area contributed by atoms with Gasteiger partial charge in [-0.3, -0.25) is 4.99 Å². The van der Waals surface area contributed by atoms with Gasteiger partial charge >= 0.3 is 0 Å². The van der Waals surface area contributed by atoms with E-state index < -0.39 is 6.10 Å². The van der Waals surface area contributed by atoms with Gasteiger partial charge in [-0.25, -0.2) is 0 Å². The first kappa shape index (κ1) is 14.1. The van der Waals surface area contributed by atoms with Crippen molar-refractivity contribution in [1.82, 2.24) is 0 Å². The molecular weight excluding hydrogens is 284 g/mol. The van der Waals surface area contributed by atoms with Gasteiger partial charge in [0.05, 0.1) is 18.4 Å². The average Bonchev–Trinajstić information content (AvgIpc) is 2.47. The van der Waals surface area contributed by atoms with Gasteiger partial charge in [-0.2, -0.15) is 0 Å². The SMILES string of the molecule is CN1CC(O)CN=C(c2ccccc2)c2cc(Cl)ccc21. The number of aliphatic hydroxyl groups is 1. The number of hydrogen-bond donors (Lipinski definition) is 1. The van der Waals surface area contributed by atoms with Crippen LogP contribution in [0.5, 0.6) is 0 Å². The number of benzene rings is 2. The highest BCUT2D eigenvalue weighted by Gasteiger charge is 2.20. The van der Waals surface area contributed by atoms with Gasteiger partial charge < -0.3 is 10.0 Å². The minimum absolute atomic E-state index is 0.389. The lowest BCUT2D eigenvalue weighted by molar-refractivity contribution is 0.190. The molecule has 1 aliphatic rings. The summed E-state index contributed by atoms with van der Waals surface area (Å²) >= 11 is 6.18. The van der Waals surface area contributed by atoms with Gasteiger partial charge in [0.25, 0.3) is 0 Å². The molecule has 0 radical (unpaired) electrons. The van der Waals surface area contributed by atoms with Gasteiger partial charge in [0.1, 0.15) is 0 Å². The number of anilines is 1. The van der Waals surface area contributed by atoms with E-state index in [1.165, 1.54) is 0 Å². The predicted molar refractivity (Wildman–Crippen MR) is 87.7 cm³/mol. The fourth-order valence-corrected chi connectivity index (χ4v) is 2.80. The number of halogens is 1. The molecule has 0 bridgehead atoms. The molecule has 3 nitrogen and oxygen atoms in total. The van der Waals surface area contributed by atoms with E-state index in [1.807, 2.05) is 60.5 Å². The monoisotopic (exact) mass is 300 g/mol. The standard InChI is InChI=1S/C17H17ClN2O/c1-20-11-14(21)10-19-17(12-5-3-2-4-6-12)15-9-13(18)7-8-16(15)20/h2-9,14,21H,10-11H2,1H3. The predicted octanol–water partition coefficient (Wildman–Crippen LogP) is 2.99. The van der Waals surface area contributed by atoms with Crippen LogP contribution in [-0.2, 0) is 0 Å². The molecule has 0 aliphatic carbocycles. The number of nitrogens with zero attached hydrogens (tertiary/aromatic N) is 2. The maximum absolute atomic E-state index is 10.1. The van der Waals surface area contributed by atoms with E-state index in [4.69, 9.17) is 11.6 Å². The second-order valence-electron chi connectivity index (χ2n) is 5.25. The minimum atomic E-state index is -0.474. The average molecular weight is 301 g/mol. The summed E-state index contributed by atoms with van der Waals surface area (Å²) in [5, 5.41) is 10.7. The lowest BCUT2D eigenvalue weighted by Crippen LogP contribution is -2.34. The van der Waals surface area contributed by atoms with Crippen LogP contribution >= 0.6 is 11.6 Å². The van der Waals surface area contributed by atoms with Crippen LogP contribution in [0.3, 0.4) is 0 Å². The summed E-state index contributed by atoms with van der Waals surface area (Å²) in [6, 6.07) is 15.8. The Morgan fingerprint density at radius 2 is 1.95 bits per heavy atom. The normalized spacial score (nSPS) is 18.5. The van der Waals surface area contributed by atoms with Gasteiger partial charge in [0.2, 0.25) is 0 Å². The topological polar surface area (TPSA) is 35.8 Å². The summed E-state index contributed by atoms with van der Waals surface area (Å²) in [6.45, 7) is 0.945. The molecule has 1 N–H and O–H groups in total. The summed E-state index contributed by atoms with van der Waals surface area (Å²) in [4.78, 5) is 6.68. The Bertz CT molecular complexity index is 670. The van der Waals surface area contributed by atoms with Crippen molar-refractivity contribution < 1.29 is 5.11 Å². The van der Waals surface area contributed by atoms with E-state index in [-0.39, 0.29) is 0 Å². The maximum Gasteiger partial charge on any atom is 0.0909 e. The summed E-state index contributed by atoms with van der Waals surface area (Å²) in [6.07, 6.45) is -0.474.